The zero-order chi connectivity index (χ0) is 23.8. The number of pyridine rings is 1. The van der Waals surface area contributed by atoms with E-state index in [2.05, 4.69) is 40.8 Å². The number of amides is 1. The van der Waals surface area contributed by atoms with Crippen LogP contribution in [0.5, 0.6) is 0 Å². The summed E-state index contributed by atoms with van der Waals surface area (Å²) in [7, 11) is 1.52. The summed E-state index contributed by atoms with van der Waals surface area (Å²) in [5.41, 5.74) is 2.07. The summed E-state index contributed by atoms with van der Waals surface area (Å²) in [6.45, 7) is 0.383. The molecule has 13 heteroatoms. The number of hydrogen-bond acceptors (Lipinski definition) is 6. The van der Waals surface area contributed by atoms with Crippen molar-refractivity contribution in [2.24, 2.45) is 0 Å². The Balaban J connectivity index is 1.79. The van der Waals surface area contributed by atoms with E-state index in [0.717, 1.165) is 9.86 Å². The number of rotatable bonds is 7. The molecule has 0 fully saturated rings. The van der Waals surface area contributed by atoms with Gasteiger partial charge < -0.3 is 19.6 Å². The average molecular weight is 526 g/mol. The highest BCUT2D eigenvalue weighted by Gasteiger charge is 2.30. The Bertz CT molecular complexity index is 1320. The van der Waals surface area contributed by atoms with Crippen molar-refractivity contribution in [1.82, 2.24) is 34.8 Å². The molecular weight excluding hydrogens is 507 g/mol. The molecule has 4 aromatic rings. The van der Waals surface area contributed by atoms with Gasteiger partial charge in [0, 0.05) is 41.3 Å². The third-order valence-electron chi connectivity index (χ3n) is 5.00. The topological polar surface area (TPSA) is 111 Å². The van der Waals surface area contributed by atoms with Gasteiger partial charge in [0.25, 0.3) is 0 Å². The van der Waals surface area contributed by atoms with Crippen LogP contribution in [0.2, 0.25) is 0 Å². The maximum absolute atomic E-state index is 12.6. The molecule has 0 spiro atoms. The molecule has 0 radical (unpaired) electrons. The van der Waals surface area contributed by atoms with Gasteiger partial charge in [-0.1, -0.05) is 0 Å². The second-order valence-electron chi connectivity index (χ2n) is 7.30. The van der Waals surface area contributed by atoms with Crippen LogP contribution >= 0.6 is 15.9 Å². The summed E-state index contributed by atoms with van der Waals surface area (Å²) in [6.07, 6.45) is 0.721. The van der Waals surface area contributed by atoms with Gasteiger partial charge in [-0.2, -0.15) is 13.2 Å². The van der Waals surface area contributed by atoms with Crippen LogP contribution in [0.3, 0.4) is 0 Å². The zero-order valence-corrected chi connectivity index (χ0v) is 19.2. The highest BCUT2D eigenvalue weighted by Crippen LogP contribution is 2.29. The largest absolute Gasteiger partial charge is 0.405 e. The van der Waals surface area contributed by atoms with E-state index in [1.807, 2.05) is 11.4 Å². The number of carbonyl (C=O) groups is 1. The van der Waals surface area contributed by atoms with Gasteiger partial charge in [0.05, 0.1) is 12.8 Å². The first-order chi connectivity index (χ1) is 15.7. The third-order valence-corrected chi connectivity index (χ3v) is 5.44. The van der Waals surface area contributed by atoms with Crippen molar-refractivity contribution >= 4 is 44.0 Å². The van der Waals surface area contributed by atoms with Gasteiger partial charge in [0.1, 0.15) is 29.6 Å². The molecule has 4 rings (SSSR count). The summed E-state index contributed by atoms with van der Waals surface area (Å²) in [4.78, 5) is 33.4. The smallest absolute Gasteiger partial charge is 0.384 e. The minimum Gasteiger partial charge on any atom is -0.384 e. The molecule has 33 heavy (non-hydrogen) atoms. The van der Waals surface area contributed by atoms with Crippen molar-refractivity contribution in [3.8, 4) is 11.4 Å². The van der Waals surface area contributed by atoms with Crippen LogP contribution in [0.1, 0.15) is 18.8 Å². The van der Waals surface area contributed by atoms with Gasteiger partial charge in [-0.25, -0.2) is 19.9 Å². The van der Waals surface area contributed by atoms with Gasteiger partial charge in [0.2, 0.25) is 5.91 Å². The molecule has 0 aliphatic rings. The maximum atomic E-state index is 12.6. The molecule has 9 nitrogen and oxygen atoms in total. The van der Waals surface area contributed by atoms with Gasteiger partial charge in [0.15, 0.2) is 11.5 Å². The van der Waals surface area contributed by atoms with Crippen LogP contribution in [0, 0.1) is 0 Å². The Hall–Kier alpha value is -3.06. The summed E-state index contributed by atoms with van der Waals surface area (Å²) in [5, 5.41) is 2.71. The summed E-state index contributed by atoms with van der Waals surface area (Å²) in [6, 6.07) is 0.877. The van der Waals surface area contributed by atoms with E-state index >= 15 is 0 Å². The molecule has 0 unspecified atom stereocenters. The van der Waals surface area contributed by atoms with Crippen LogP contribution in [0.15, 0.2) is 29.1 Å². The van der Waals surface area contributed by atoms with E-state index in [9.17, 15) is 18.0 Å². The number of carbonyl (C=O) groups excluding carboxylic acids is 1. The molecule has 0 saturated carbocycles. The van der Waals surface area contributed by atoms with Crippen molar-refractivity contribution in [1.29, 1.82) is 0 Å². The quantitative estimate of drug-likeness (QED) is 0.381. The lowest BCUT2D eigenvalue weighted by Gasteiger charge is -2.17. The second-order valence-corrected chi connectivity index (χ2v) is 8.22. The van der Waals surface area contributed by atoms with Crippen molar-refractivity contribution in [3.05, 3.63) is 35.0 Å². The molecule has 1 atom stereocenters. The highest BCUT2D eigenvalue weighted by molar-refractivity contribution is 9.10. The lowest BCUT2D eigenvalue weighted by Crippen LogP contribution is -2.38. The standard InChI is InChI=1S/C20H19BrF3N7O2/c1-10(19(32)28-9-20(22,23)24)31-15(3-4-33-2)29-14-8-27-17(30-18(14)31)13-7-26-16-12(13)5-11(21)6-25-16/h5-8,10H,3-4,9H2,1-2H3,(H,25,26)(H,28,32)/t10-/m0/s1. The number of nitrogens with one attached hydrogen (secondary N) is 2. The monoisotopic (exact) mass is 525 g/mol. The summed E-state index contributed by atoms with van der Waals surface area (Å²) in [5.74, 6) is 0.0120. The third kappa shape index (κ3) is 4.83. The molecule has 0 bridgehead atoms. The molecule has 174 valence electrons. The average Bonchev–Trinajstić information content (AvgIpc) is 3.35. The van der Waals surface area contributed by atoms with E-state index in [1.54, 1.807) is 12.4 Å². The molecule has 0 aliphatic heterocycles. The molecule has 2 N–H and O–H groups in total. The predicted octanol–water partition coefficient (Wildman–Crippen LogP) is 3.56. The molecular formula is C20H19BrF3N7O2. The lowest BCUT2D eigenvalue weighted by atomic mass is 10.2. The van der Waals surface area contributed by atoms with Crippen molar-refractivity contribution in [2.75, 3.05) is 20.3 Å². The molecule has 0 saturated heterocycles. The number of fused-ring (bicyclic) bond motifs is 2. The zero-order valence-electron chi connectivity index (χ0n) is 17.6. The Morgan fingerprint density at radius 2 is 2.09 bits per heavy atom. The first-order valence-corrected chi connectivity index (χ1v) is 10.7. The van der Waals surface area contributed by atoms with E-state index < -0.39 is 24.7 Å². The number of alkyl halides is 3. The van der Waals surface area contributed by atoms with E-state index in [1.165, 1.54) is 24.8 Å². The van der Waals surface area contributed by atoms with Crippen LogP contribution in [0.4, 0.5) is 13.2 Å². The Morgan fingerprint density at radius 3 is 2.82 bits per heavy atom. The SMILES string of the molecule is COCCc1nc2cnc(-c3c[nH]c4ncc(Br)cc34)nc2n1[C@@H](C)C(=O)NCC(F)(F)F. The number of H-pyrrole nitrogens is 1. The van der Waals surface area contributed by atoms with Crippen molar-refractivity contribution < 1.29 is 22.7 Å². The van der Waals surface area contributed by atoms with Gasteiger partial charge in [-0.3, -0.25) is 4.79 Å². The molecule has 0 aliphatic carbocycles. The first kappa shape index (κ1) is 23.1. The van der Waals surface area contributed by atoms with E-state index in [-0.39, 0.29) is 0 Å². The van der Waals surface area contributed by atoms with Gasteiger partial charge in [-0.05, 0) is 28.9 Å². The van der Waals surface area contributed by atoms with Crippen molar-refractivity contribution in [2.45, 2.75) is 25.6 Å². The molecule has 4 aromatic heterocycles. The van der Waals surface area contributed by atoms with Crippen LogP contribution in [-0.4, -0.2) is 61.8 Å². The van der Waals surface area contributed by atoms with Crippen LogP contribution < -0.4 is 5.32 Å². The van der Waals surface area contributed by atoms with E-state index in [0.29, 0.717) is 47.1 Å². The summed E-state index contributed by atoms with van der Waals surface area (Å²) < 4.78 is 45.2. The fourth-order valence-corrected chi connectivity index (χ4v) is 3.79. The van der Waals surface area contributed by atoms with E-state index in [4.69, 9.17) is 4.74 Å². The molecule has 4 heterocycles. The Labute approximate surface area is 193 Å². The Kier molecular flexibility index (Phi) is 6.34. The van der Waals surface area contributed by atoms with Gasteiger partial charge in [-0.15, -0.1) is 0 Å². The number of ether oxygens (including phenoxy) is 1. The highest BCUT2D eigenvalue weighted by atomic mass is 79.9. The second kappa shape index (κ2) is 9.06. The molecule has 0 aromatic carbocycles. The number of methoxy groups -OCH3 is 1. The number of aromatic nitrogens is 6. The minimum atomic E-state index is -4.52. The summed E-state index contributed by atoms with van der Waals surface area (Å²) >= 11 is 3.40. The number of nitrogens with zero attached hydrogens (tertiary/aromatic N) is 5. The van der Waals surface area contributed by atoms with Crippen LogP contribution in [0.25, 0.3) is 33.6 Å². The number of aromatic amines is 1. The lowest BCUT2D eigenvalue weighted by molar-refractivity contribution is -0.140. The fourth-order valence-electron chi connectivity index (χ4n) is 3.46. The van der Waals surface area contributed by atoms with Crippen molar-refractivity contribution in [3.63, 3.8) is 0 Å². The predicted molar refractivity (Wildman–Crippen MR) is 117 cm³/mol. The number of imidazole rings is 1. The minimum absolute atomic E-state index is 0.308. The number of halogens is 4. The normalized spacial score (nSPS) is 13.0. The first-order valence-electron chi connectivity index (χ1n) is 9.88. The maximum Gasteiger partial charge on any atom is 0.405 e. The fraction of sp³-hybridized carbons (Fsp3) is 0.350. The molecule has 1 amide bonds. The van der Waals surface area contributed by atoms with Crippen LogP contribution in [-0.2, 0) is 16.0 Å². The number of hydrogen-bond donors (Lipinski definition) is 2. The van der Waals surface area contributed by atoms with Gasteiger partial charge >= 0.3 is 6.18 Å². The Morgan fingerprint density at radius 1 is 1.30 bits per heavy atom.